The zero-order valence-electron chi connectivity index (χ0n) is 11.3. The number of anilines is 1. The molecular formula is C12H19N3O3S2. The number of sulfonamides is 1. The number of nitrogen functional groups attached to an aromatic ring is 1. The van der Waals surface area contributed by atoms with E-state index < -0.39 is 10.0 Å². The van der Waals surface area contributed by atoms with Gasteiger partial charge in [0.05, 0.1) is 0 Å². The van der Waals surface area contributed by atoms with Crippen LogP contribution in [0.1, 0.15) is 26.2 Å². The fraction of sp³-hybridized carbons (Fsp3) is 0.583. The van der Waals surface area contributed by atoms with Gasteiger partial charge in [-0.1, -0.05) is 6.92 Å². The van der Waals surface area contributed by atoms with E-state index in [4.69, 9.17) is 5.73 Å². The number of carbonyl (C=O) groups excluding carboxylic acids is 1. The summed E-state index contributed by atoms with van der Waals surface area (Å²) in [5, 5.41) is 4.53. The second kappa shape index (κ2) is 6.11. The van der Waals surface area contributed by atoms with Crippen molar-refractivity contribution in [3.8, 4) is 0 Å². The Kier molecular flexibility index (Phi) is 4.66. The molecule has 1 aliphatic rings. The SMILES string of the molecule is CCC(=O)NC1CCN(S(=O)(=O)c2cc(N)cs2)CC1. The topological polar surface area (TPSA) is 92.5 Å². The van der Waals surface area contributed by atoms with Crippen LogP contribution < -0.4 is 11.1 Å². The molecule has 8 heteroatoms. The Morgan fingerprint density at radius 2 is 2.15 bits per heavy atom. The molecule has 6 nitrogen and oxygen atoms in total. The smallest absolute Gasteiger partial charge is 0.252 e. The van der Waals surface area contributed by atoms with Gasteiger partial charge in [-0.15, -0.1) is 11.3 Å². The third kappa shape index (κ3) is 3.31. The highest BCUT2D eigenvalue weighted by atomic mass is 32.2. The van der Waals surface area contributed by atoms with E-state index in [2.05, 4.69) is 5.32 Å². The highest BCUT2D eigenvalue weighted by Crippen LogP contribution is 2.27. The van der Waals surface area contributed by atoms with Crippen LogP contribution in [0.2, 0.25) is 0 Å². The molecule has 1 aromatic rings. The van der Waals surface area contributed by atoms with E-state index in [-0.39, 0.29) is 16.2 Å². The van der Waals surface area contributed by atoms with Gasteiger partial charge in [-0.2, -0.15) is 4.31 Å². The first-order valence-electron chi connectivity index (χ1n) is 6.57. The largest absolute Gasteiger partial charge is 0.398 e. The summed E-state index contributed by atoms with van der Waals surface area (Å²) in [6, 6.07) is 1.56. The summed E-state index contributed by atoms with van der Waals surface area (Å²) in [7, 11) is -3.44. The third-order valence-corrected chi connectivity index (χ3v) is 6.66. The molecule has 1 fully saturated rings. The maximum absolute atomic E-state index is 12.4. The van der Waals surface area contributed by atoms with Crippen LogP contribution in [0.4, 0.5) is 5.69 Å². The Morgan fingerprint density at radius 3 is 2.65 bits per heavy atom. The van der Waals surface area contributed by atoms with Crippen LogP contribution in [0.3, 0.4) is 0 Å². The van der Waals surface area contributed by atoms with Crippen molar-refractivity contribution in [3.63, 3.8) is 0 Å². The molecule has 20 heavy (non-hydrogen) atoms. The first-order valence-corrected chi connectivity index (χ1v) is 8.89. The van der Waals surface area contributed by atoms with E-state index >= 15 is 0 Å². The summed E-state index contributed by atoms with van der Waals surface area (Å²) in [6.07, 6.45) is 1.74. The van der Waals surface area contributed by atoms with Crippen molar-refractivity contribution in [2.75, 3.05) is 18.8 Å². The monoisotopic (exact) mass is 317 g/mol. The van der Waals surface area contributed by atoms with Gasteiger partial charge in [-0.25, -0.2) is 8.42 Å². The van der Waals surface area contributed by atoms with Gasteiger partial charge in [-0.3, -0.25) is 4.79 Å². The minimum absolute atomic E-state index is 0.0114. The molecule has 3 N–H and O–H groups in total. The van der Waals surface area contributed by atoms with Gasteiger partial charge >= 0.3 is 0 Å². The number of rotatable bonds is 4. The number of hydrogen-bond donors (Lipinski definition) is 2. The van der Waals surface area contributed by atoms with Crippen molar-refractivity contribution >= 4 is 33.0 Å². The van der Waals surface area contributed by atoms with Crippen LogP contribution in [0.25, 0.3) is 0 Å². The first-order chi connectivity index (χ1) is 9.43. The summed E-state index contributed by atoms with van der Waals surface area (Å²) in [5.74, 6) is 0.0114. The first kappa shape index (κ1) is 15.3. The van der Waals surface area contributed by atoms with Gasteiger partial charge in [0, 0.05) is 36.6 Å². The molecule has 2 rings (SSSR count). The average molecular weight is 317 g/mol. The second-order valence-electron chi connectivity index (χ2n) is 4.80. The minimum Gasteiger partial charge on any atom is -0.398 e. The molecule has 0 aromatic carbocycles. The van der Waals surface area contributed by atoms with Crippen LogP contribution in [0, 0.1) is 0 Å². The molecule has 1 aliphatic heterocycles. The van der Waals surface area contributed by atoms with Crippen LogP contribution in [0.5, 0.6) is 0 Å². The fourth-order valence-corrected chi connectivity index (χ4v) is 4.87. The van der Waals surface area contributed by atoms with Crippen LogP contribution >= 0.6 is 11.3 Å². The molecule has 0 spiro atoms. The molecule has 1 amide bonds. The lowest BCUT2D eigenvalue weighted by Crippen LogP contribution is -2.46. The quantitative estimate of drug-likeness (QED) is 0.867. The van der Waals surface area contributed by atoms with E-state index in [1.807, 2.05) is 0 Å². The molecule has 112 valence electrons. The van der Waals surface area contributed by atoms with Gasteiger partial charge in [-0.05, 0) is 18.9 Å². The van der Waals surface area contributed by atoms with Crippen LogP contribution in [-0.4, -0.2) is 37.8 Å². The lowest BCUT2D eigenvalue weighted by atomic mass is 10.1. The maximum atomic E-state index is 12.4. The molecule has 2 heterocycles. The highest BCUT2D eigenvalue weighted by Gasteiger charge is 2.30. The number of amides is 1. The molecule has 0 bridgehead atoms. The predicted octanol–water partition coefficient (Wildman–Crippen LogP) is 1.01. The minimum atomic E-state index is -3.44. The van der Waals surface area contributed by atoms with Gasteiger partial charge in [0.2, 0.25) is 5.91 Å². The van der Waals surface area contributed by atoms with E-state index in [0.717, 1.165) is 11.3 Å². The second-order valence-corrected chi connectivity index (χ2v) is 7.87. The van der Waals surface area contributed by atoms with E-state index in [9.17, 15) is 13.2 Å². The predicted molar refractivity (Wildman–Crippen MR) is 78.9 cm³/mol. The molecule has 1 aromatic heterocycles. The number of carbonyl (C=O) groups is 1. The summed E-state index contributed by atoms with van der Waals surface area (Å²) in [5.41, 5.74) is 6.05. The van der Waals surface area contributed by atoms with E-state index in [1.54, 1.807) is 12.3 Å². The van der Waals surface area contributed by atoms with E-state index in [0.29, 0.717) is 38.0 Å². The zero-order chi connectivity index (χ0) is 14.8. The molecule has 0 radical (unpaired) electrons. The fourth-order valence-electron chi connectivity index (χ4n) is 2.16. The Hall–Kier alpha value is -1.12. The maximum Gasteiger partial charge on any atom is 0.252 e. The van der Waals surface area contributed by atoms with E-state index in [1.165, 1.54) is 10.4 Å². The molecule has 0 unspecified atom stereocenters. The van der Waals surface area contributed by atoms with Crippen molar-refractivity contribution in [2.45, 2.75) is 36.4 Å². The van der Waals surface area contributed by atoms with Crippen LogP contribution in [0.15, 0.2) is 15.7 Å². The number of thiophene rings is 1. The zero-order valence-corrected chi connectivity index (χ0v) is 13.0. The number of hydrogen-bond acceptors (Lipinski definition) is 5. The van der Waals surface area contributed by atoms with Crippen LogP contribution in [-0.2, 0) is 14.8 Å². The molecule has 0 atom stereocenters. The number of nitrogens with one attached hydrogen (secondary N) is 1. The molecule has 1 saturated heterocycles. The van der Waals surface area contributed by atoms with Gasteiger partial charge in [0.15, 0.2) is 0 Å². The van der Waals surface area contributed by atoms with Crippen molar-refractivity contribution in [1.82, 2.24) is 9.62 Å². The standard InChI is InChI=1S/C12H19N3O3S2/c1-2-11(16)14-10-3-5-15(6-4-10)20(17,18)12-7-9(13)8-19-12/h7-8,10H,2-6,13H2,1H3,(H,14,16). The summed E-state index contributed by atoms with van der Waals surface area (Å²) < 4.78 is 26.5. The Morgan fingerprint density at radius 1 is 1.50 bits per heavy atom. The Balaban J connectivity index is 1.98. The Labute approximate surface area is 123 Å². The summed E-state index contributed by atoms with van der Waals surface area (Å²) in [4.78, 5) is 11.3. The lowest BCUT2D eigenvalue weighted by Gasteiger charge is -2.31. The summed E-state index contributed by atoms with van der Waals surface area (Å²) in [6.45, 7) is 2.65. The van der Waals surface area contributed by atoms with Gasteiger partial charge in [0.1, 0.15) is 4.21 Å². The summed E-state index contributed by atoms with van der Waals surface area (Å²) >= 11 is 1.14. The van der Waals surface area contributed by atoms with Gasteiger partial charge in [0.25, 0.3) is 10.0 Å². The molecule has 0 saturated carbocycles. The number of piperidine rings is 1. The molecule has 0 aliphatic carbocycles. The average Bonchev–Trinajstić information content (AvgIpc) is 2.86. The number of nitrogens with two attached hydrogens (primary N) is 1. The van der Waals surface area contributed by atoms with Crippen molar-refractivity contribution in [3.05, 3.63) is 11.4 Å². The van der Waals surface area contributed by atoms with Crippen molar-refractivity contribution < 1.29 is 13.2 Å². The Bertz CT molecular complexity index is 575. The number of nitrogens with zero attached hydrogens (tertiary/aromatic N) is 1. The lowest BCUT2D eigenvalue weighted by molar-refractivity contribution is -0.121. The third-order valence-electron chi connectivity index (χ3n) is 3.33. The molecular weight excluding hydrogens is 298 g/mol. The van der Waals surface area contributed by atoms with Crippen molar-refractivity contribution in [2.24, 2.45) is 0 Å². The highest BCUT2D eigenvalue weighted by molar-refractivity contribution is 7.91. The van der Waals surface area contributed by atoms with Crippen molar-refractivity contribution in [1.29, 1.82) is 0 Å². The van der Waals surface area contributed by atoms with Gasteiger partial charge < -0.3 is 11.1 Å². The normalized spacial score (nSPS) is 18.1.